The van der Waals surface area contributed by atoms with E-state index in [1.165, 1.54) is 13.8 Å². The molecule has 1 aliphatic carbocycles. The molecule has 1 heterocycles. The number of carbonyl (C=O) groups excluding carboxylic acids is 5. The topological polar surface area (TPSA) is 137 Å². The van der Waals surface area contributed by atoms with Gasteiger partial charge in [-0.1, -0.05) is 17.7 Å². The molecule has 1 N–H and O–H groups in total. The quantitative estimate of drug-likeness (QED) is 0.270. The standard InChI is InChI=1S/C27H35NO9/c1-8-35-22(32)26(23(33)36-9-2)17(14-29)10-11-19(30)27(26)18-13-15(3)12-16(4)20(18)28(21(27)31)24(34)37-25(5,6)7/h12-14,17,19,30H,8-11H2,1-7H3/t17-,19+,27-/m1/s1. The maximum Gasteiger partial charge on any atom is 0.421 e. The molecule has 3 rings (SSSR count). The van der Waals surface area contributed by atoms with Gasteiger partial charge in [-0.25, -0.2) is 9.69 Å². The molecule has 1 aromatic carbocycles. The molecule has 10 nitrogen and oxygen atoms in total. The Hall–Kier alpha value is -3.27. The third-order valence-electron chi connectivity index (χ3n) is 7.00. The molecule has 1 saturated carbocycles. The maximum atomic E-state index is 14.6. The average Bonchev–Trinajstić information content (AvgIpc) is 3.04. The Labute approximate surface area is 216 Å². The molecule has 0 aromatic heterocycles. The number of anilines is 1. The fourth-order valence-electron chi connectivity index (χ4n) is 5.83. The highest BCUT2D eigenvalue weighted by Crippen LogP contribution is 2.62. The molecule has 0 bridgehead atoms. The number of fused-ring (bicyclic) bond motifs is 2. The predicted molar refractivity (Wildman–Crippen MR) is 132 cm³/mol. The molecule has 1 fully saturated rings. The lowest BCUT2D eigenvalue weighted by Gasteiger charge is -2.51. The molecule has 0 saturated heterocycles. The second-order valence-corrected chi connectivity index (χ2v) is 10.5. The second-order valence-electron chi connectivity index (χ2n) is 10.5. The monoisotopic (exact) mass is 517 g/mol. The molecule has 37 heavy (non-hydrogen) atoms. The van der Waals surface area contributed by atoms with Crippen molar-refractivity contribution in [3.8, 4) is 0 Å². The lowest BCUT2D eigenvalue weighted by atomic mass is 9.48. The van der Waals surface area contributed by atoms with Crippen LogP contribution in [0.2, 0.25) is 0 Å². The normalized spacial score (nSPS) is 24.4. The molecule has 1 spiro atoms. The number of benzene rings is 1. The van der Waals surface area contributed by atoms with Crippen LogP contribution in [-0.4, -0.2) is 60.3 Å². The zero-order chi connectivity index (χ0) is 27.9. The fraction of sp³-hybridized carbons (Fsp3) is 0.593. The van der Waals surface area contributed by atoms with E-state index >= 15 is 0 Å². The van der Waals surface area contributed by atoms with Crippen LogP contribution in [0, 0.1) is 25.2 Å². The number of ether oxygens (including phenoxy) is 3. The van der Waals surface area contributed by atoms with Gasteiger partial charge in [0.25, 0.3) is 5.91 Å². The minimum Gasteiger partial charge on any atom is -0.465 e. The molecule has 1 aliphatic heterocycles. The Morgan fingerprint density at radius 1 is 1.08 bits per heavy atom. The first-order valence-corrected chi connectivity index (χ1v) is 12.4. The van der Waals surface area contributed by atoms with Crippen LogP contribution >= 0.6 is 0 Å². The van der Waals surface area contributed by atoms with Crippen LogP contribution in [0.15, 0.2) is 12.1 Å². The van der Waals surface area contributed by atoms with Crippen molar-refractivity contribution in [3.05, 3.63) is 28.8 Å². The number of hydrogen-bond donors (Lipinski definition) is 1. The van der Waals surface area contributed by atoms with E-state index in [0.29, 0.717) is 17.4 Å². The van der Waals surface area contributed by atoms with E-state index in [-0.39, 0.29) is 37.3 Å². The van der Waals surface area contributed by atoms with Gasteiger partial charge in [0.15, 0.2) is 5.41 Å². The predicted octanol–water partition coefficient (Wildman–Crippen LogP) is 2.91. The van der Waals surface area contributed by atoms with Gasteiger partial charge in [-0.3, -0.25) is 14.4 Å². The smallest absolute Gasteiger partial charge is 0.421 e. The zero-order valence-corrected chi connectivity index (χ0v) is 22.4. The zero-order valence-electron chi connectivity index (χ0n) is 22.4. The van der Waals surface area contributed by atoms with Gasteiger partial charge in [0, 0.05) is 5.92 Å². The molecule has 1 aromatic rings. The summed E-state index contributed by atoms with van der Waals surface area (Å²) in [5.74, 6) is -4.77. The third-order valence-corrected chi connectivity index (χ3v) is 7.00. The van der Waals surface area contributed by atoms with Crippen molar-refractivity contribution in [1.29, 1.82) is 0 Å². The van der Waals surface area contributed by atoms with Gasteiger partial charge in [0.1, 0.15) is 17.3 Å². The van der Waals surface area contributed by atoms with Crippen LogP contribution in [0.3, 0.4) is 0 Å². The number of aliphatic hydroxyl groups is 1. The number of esters is 2. The molecule has 10 heteroatoms. The molecule has 0 radical (unpaired) electrons. The summed E-state index contributed by atoms with van der Waals surface area (Å²) in [6.07, 6.45) is -2.41. The van der Waals surface area contributed by atoms with Crippen LogP contribution in [0.1, 0.15) is 64.2 Å². The first-order valence-electron chi connectivity index (χ1n) is 12.4. The Balaban J connectivity index is 2.53. The van der Waals surface area contributed by atoms with Crippen molar-refractivity contribution in [2.24, 2.45) is 11.3 Å². The number of imide groups is 1. The molecule has 202 valence electrons. The minimum absolute atomic E-state index is 0.0704. The lowest BCUT2D eigenvalue weighted by Crippen LogP contribution is -2.71. The Bertz CT molecular complexity index is 1120. The van der Waals surface area contributed by atoms with Crippen LogP contribution in [0.5, 0.6) is 0 Å². The maximum absolute atomic E-state index is 14.6. The van der Waals surface area contributed by atoms with Gasteiger partial charge in [0.05, 0.1) is 25.0 Å². The van der Waals surface area contributed by atoms with Crippen LogP contribution in [0.25, 0.3) is 0 Å². The first-order chi connectivity index (χ1) is 17.2. The Morgan fingerprint density at radius 2 is 1.65 bits per heavy atom. The number of aryl methyl sites for hydroxylation is 2. The number of aliphatic hydroxyl groups excluding tert-OH is 1. The molecule has 2 aliphatic rings. The highest BCUT2D eigenvalue weighted by Gasteiger charge is 2.79. The summed E-state index contributed by atoms with van der Waals surface area (Å²) in [5.41, 5.74) is -4.65. The van der Waals surface area contributed by atoms with Crippen molar-refractivity contribution in [1.82, 2.24) is 0 Å². The summed E-state index contributed by atoms with van der Waals surface area (Å²) >= 11 is 0. The van der Waals surface area contributed by atoms with Gasteiger partial charge in [-0.2, -0.15) is 0 Å². The van der Waals surface area contributed by atoms with E-state index in [0.717, 1.165) is 4.90 Å². The van der Waals surface area contributed by atoms with E-state index in [1.54, 1.807) is 46.8 Å². The summed E-state index contributed by atoms with van der Waals surface area (Å²) in [4.78, 5) is 69.0. The number of amides is 2. The fourth-order valence-corrected chi connectivity index (χ4v) is 5.83. The van der Waals surface area contributed by atoms with Crippen molar-refractivity contribution >= 4 is 35.9 Å². The van der Waals surface area contributed by atoms with E-state index in [1.807, 2.05) is 0 Å². The van der Waals surface area contributed by atoms with E-state index < -0.39 is 52.4 Å². The van der Waals surface area contributed by atoms with E-state index in [9.17, 15) is 29.1 Å². The number of aldehydes is 1. The summed E-state index contributed by atoms with van der Waals surface area (Å²) in [7, 11) is 0. The first kappa shape index (κ1) is 28.3. The molecular weight excluding hydrogens is 482 g/mol. The van der Waals surface area contributed by atoms with Gasteiger partial charge in [-0.15, -0.1) is 0 Å². The lowest BCUT2D eigenvalue weighted by molar-refractivity contribution is -0.198. The largest absolute Gasteiger partial charge is 0.465 e. The van der Waals surface area contributed by atoms with Crippen LogP contribution < -0.4 is 4.90 Å². The SMILES string of the molecule is CCOC(=O)C1(C(=O)OCC)[C@@H](C=O)CC[C@H](O)[C@]12C(=O)N(C(=O)OC(C)(C)C)c1c(C)cc(C)cc12. The molecular formula is C27H35NO9. The highest BCUT2D eigenvalue weighted by molar-refractivity contribution is 6.26. The highest BCUT2D eigenvalue weighted by atomic mass is 16.6. The van der Waals surface area contributed by atoms with Crippen molar-refractivity contribution in [2.75, 3.05) is 18.1 Å². The van der Waals surface area contributed by atoms with Crippen LogP contribution in [-0.2, 0) is 38.8 Å². The summed E-state index contributed by atoms with van der Waals surface area (Å²) < 4.78 is 16.2. The van der Waals surface area contributed by atoms with Gasteiger partial charge in [0.2, 0.25) is 0 Å². The Kier molecular flexibility index (Phi) is 7.56. The molecule has 2 amide bonds. The summed E-state index contributed by atoms with van der Waals surface area (Å²) in [6, 6.07) is 3.28. The van der Waals surface area contributed by atoms with Gasteiger partial charge >= 0.3 is 18.0 Å². The van der Waals surface area contributed by atoms with Crippen molar-refractivity contribution in [3.63, 3.8) is 0 Å². The van der Waals surface area contributed by atoms with Crippen LogP contribution in [0.4, 0.5) is 10.5 Å². The van der Waals surface area contributed by atoms with Gasteiger partial charge in [-0.05, 0) is 72.4 Å². The number of nitrogens with zero attached hydrogens (tertiary/aromatic N) is 1. The number of rotatable bonds is 5. The number of carbonyl (C=O) groups is 5. The van der Waals surface area contributed by atoms with Crippen molar-refractivity contribution in [2.45, 2.75) is 78.4 Å². The second kappa shape index (κ2) is 9.89. The third kappa shape index (κ3) is 4.02. The summed E-state index contributed by atoms with van der Waals surface area (Å²) in [5, 5.41) is 11.6. The average molecular weight is 518 g/mol. The van der Waals surface area contributed by atoms with Gasteiger partial charge < -0.3 is 24.1 Å². The van der Waals surface area contributed by atoms with E-state index in [4.69, 9.17) is 14.2 Å². The van der Waals surface area contributed by atoms with E-state index in [2.05, 4.69) is 0 Å². The Morgan fingerprint density at radius 3 is 2.14 bits per heavy atom. The molecule has 3 atom stereocenters. The number of hydrogen-bond acceptors (Lipinski definition) is 9. The minimum atomic E-state index is -2.58. The van der Waals surface area contributed by atoms with Crippen molar-refractivity contribution < 1.29 is 43.3 Å². The molecule has 0 unspecified atom stereocenters. The summed E-state index contributed by atoms with van der Waals surface area (Å²) in [6.45, 7) is 11.0.